The van der Waals surface area contributed by atoms with Crippen molar-refractivity contribution in [2.24, 2.45) is 0 Å². The first-order chi connectivity index (χ1) is 15.3. The van der Waals surface area contributed by atoms with Gasteiger partial charge in [-0.1, -0.05) is 0 Å². The third kappa shape index (κ3) is 5.50. The summed E-state index contributed by atoms with van der Waals surface area (Å²) in [4.78, 5) is 27.6. The summed E-state index contributed by atoms with van der Waals surface area (Å²) in [5.74, 6) is 0.225. The minimum Gasteiger partial charge on any atom is -0.391 e. The van der Waals surface area contributed by atoms with Crippen LogP contribution < -0.4 is 10.2 Å². The summed E-state index contributed by atoms with van der Waals surface area (Å²) in [6.45, 7) is 1.09. The molecule has 1 atom stereocenters. The summed E-state index contributed by atoms with van der Waals surface area (Å²) in [5, 5.41) is 12.6. The number of aliphatic hydroxyl groups is 1. The molecule has 1 aromatic carbocycles. The summed E-state index contributed by atoms with van der Waals surface area (Å²) in [7, 11) is 0. The van der Waals surface area contributed by atoms with Crippen LogP contribution in [0.2, 0.25) is 0 Å². The maximum Gasteiger partial charge on any atom is 0.375 e. The van der Waals surface area contributed by atoms with Gasteiger partial charge in [-0.25, -0.2) is 15.0 Å². The average Bonchev–Trinajstić information content (AvgIpc) is 3.20. The first-order valence-corrected chi connectivity index (χ1v) is 10.8. The molecule has 1 fully saturated rings. The average molecular weight is 478 g/mol. The third-order valence-corrected chi connectivity index (χ3v) is 5.78. The minimum atomic E-state index is -3.40. The highest BCUT2D eigenvalue weighted by atomic mass is 35.5. The van der Waals surface area contributed by atoms with Crippen LogP contribution in [0.4, 0.5) is 20.3 Å². The number of amides is 1. The van der Waals surface area contributed by atoms with Gasteiger partial charge >= 0.3 is 4.71 Å². The highest BCUT2D eigenvalue weighted by Crippen LogP contribution is 2.39. The van der Waals surface area contributed by atoms with Crippen LogP contribution in [0.1, 0.15) is 16.8 Å². The van der Waals surface area contributed by atoms with Crippen LogP contribution in [0, 0.1) is 0 Å². The molecule has 0 unspecified atom stereocenters. The molecule has 3 heterocycles. The number of halogens is 3. The van der Waals surface area contributed by atoms with E-state index in [1.54, 1.807) is 18.5 Å². The zero-order chi connectivity index (χ0) is 22.7. The van der Waals surface area contributed by atoms with Crippen LogP contribution in [0.5, 0.6) is 0 Å². The van der Waals surface area contributed by atoms with Crippen molar-refractivity contribution in [1.29, 1.82) is 0 Å². The van der Waals surface area contributed by atoms with Crippen LogP contribution in [0.15, 0.2) is 60.1 Å². The van der Waals surface area contributed by atoms with E-state index >= 15 is 0 Å². The Kier molecular flexibility index (Phi) is 6.54. The lowest BCUT2D eigenvalue weighted by Crippen LogP contribution is -2.23. The molecule has 1 saturated heterocycles. The molecule has 0 bridgehead atoms. The van der Waals surface area contributed by atoms with Crippen molar-refractivity contribution >= 4 is 40.8 Å². The molecule has 4 rings (SSSR count). The topological polar surface area (TPSA) is 91.2 Å². The molecular weight excluding hydrogens is 460 g/mol. The number of aliphatic hydroxyl groups excluding tert-OH is 1. The Labute approximate surface area is 191 Å². The van der Waals surface area contributed by atoms with Gasteiger partial charge in [0.25, 0.3) is 5.91 Å². The van der Waals surface area contributed by atoms with Gasteiger partial charge in [-0.15, -0.1) is 0 Å². The molecule has 2 N–H and O–H groups in total. The largest absolute Gasteiger partial charge is 0.391 e. The number of hydrogen-bond donors (Lipinski definition) is 2. The van der Waals surface area contributed by atoms with E-state index in [1.165, 1.54) is 36.8 Å². The van der Waals surface area contributed by atoms with Gasteiger partial charge in [0.2, 0.25) is 0 Å². The number of rotatable bonds is 6. The Hall–Kier alpha value is -2.82. The van der Waals surface area contributed by atoms with E-state index in [0.29, 0.717) is 47.7 Å². The molecular formula is C21H18ClF2N5O2S. The van der Waals surface area contributed by atoms with Gasteiger partial charge in [0, 0.05) is 53.4 Å². The number of carbonyl (C=O) groups is 1. The SMILES string of the molecule is O=C(Nc1ccc(SC(F)(F)Cl)cc1)c1cnc(N2CC[C@@H](O)C2)c(-c2cncnc2)c1. The predicted molar refractivity (Wildman–Crippen MR) is 119 cm³/mol. The fourth-order valence-corrected chi connectivity index (χ4v) is 4.17. The number of nitrogens with zero attached hydrogens (tertiary/aromatic N) is 4. The zero-order valence-electron chi connectivity index (χ0n) is 16.6. The molecule has 0 radical (unpaired) electrons. The highest BCUT2D eigenvalue weighted by molar-refractivity contribution is 8.01. The normalized spacial score (nSPS) is 16.2. The monoisotopic (exact) mass is 477 g/mol. The first-order valence-electron chi connectivity index (χ1n) is 9.64. The second-order valence-electron chi connectivity index (χ2n) is 7.14. The molecule has 166 valence electrons. The maximum absolute atomic E-state index is 12.9. The zero-order valence-corrected chi connectivity index (χ0v) is 18.2. The van der Waals surface area contributed by atoms with Crippen molar-refractivity contribution in [1.82, 2.24) is 15.0 Å². The van der Waals surface area contributed by atoms with E-state index in [-0.39, 0.29) is 16.7 Å². The number of anilines is 2. The van der Waals surface area contributed by atoms with Gasteiger partial charge in [0.1, 0.15) is 12.1 Å². The lowest BCUT2D eigenvalue weighted by molar-refractivity contribution is 0.102. The van der Waals surface area contributed by atoms with Crippen molar-refractivity contribution in [2.75, 3.05) is 23.3 Å². The fraction of sp³-hybridized carbons (Fsp3) is 0.238. The van der Waals surface area contributed by atoms with Crippen LogP contribution in [-0.2, 0) is 0 Å². The summed E-state index contributed by atoms with van der Waals surface area (Å²) in [6.07, 6.45) is 6.34. The Balaban J connectivity index is 1.57. The standard InChI is InChI=1S/C21H18ClF2N5O2S/c22-21(23,24)32-17-3-1-15(2-4-17)28-20(31)13-7-18(14-8-25-12-26-9-14)19(27-10-13)29-6-5-16(30)11-29/h1-4,7-10,12,16,30H,5-6,11H2,(H,28,31)/t16-/m1/s1. The van der Waals surface area contributed by atoms with Gasteiger partial charge in [-0.05, 0) is 60.1 Å². The Bertz CT molecular complexity index is 1100. The van der Waals surface area contributed by atoms with Crippen molar-refractivity contribution < 1.29 is 18.7 Å². The quantitative estimate of drug-likeness (QED) is 0.405. The van der Waals surface area contributed by atoms with E-state index in [2.05, 4.69) is 20.3 Å². The van der Waals surface area contributed by atoms with Crippen molar-refractivity contribution in [3.05, 3.63) is 60.8 Å². The lowest BCUT2D eigenvalue weighted by Gasteiger charge is -2.20. The van der Waals surface area contributed by atoms with Crippen LogP contribution in [0.3, 0.4) is 0 Å². The number of pyridine rings is 1. The molecule has 32 heavy (non-hydrogen) atoms. The van der Waals surface area contributed by atoms with Gasteiger partial charge < -0.3 is 15.3 Å². The second kappa shape index (κ2) is 9.35. The Morgan fingerprint density at radius 2 is 1.94 bits per heavy atom. The summed E-state index contributed by atoms with van der Waals surface area (Å²) >= 11 is 5.14. The van der Waals surface area contributed by atoms with Crippen LogP contribution in [0.25, 0.3) is 11.1 Å². The van der Waals surface area contributed by atoms with Crippen molar-refractivity contribution in [3.8, 4) is 11.1 Å². The number of aromatic nitrogens is 3. The molecule has 0 spiro atoms. The Morgan fingerprint density at radius 3 is 2.56 bits per heavy atom. The number of carbonyl (C=O) groups excluding carboxylic acids is 1. The molecule has 3 aromatic rings. The van der Waals surface area contributed by atoms with E-state index in [0.717, 1.165) is 0 Å². The number of alkyl halides is 3. The summed E-state index contributed by atoms with van der Waals surface area (Å²) in [5.41, 5.74) is 2.10. The van der Waals surface area contributed by atoms with E-state index in [1.807, 2.05) is 4.90 Å². The first kappa shape index (κ1) is 22.4. The third-order valence-electron chi connectivity index (χ3n) is 4.81. The molecule has 1 aliphatic rings. The van der Waals surface area contributed by atoms with Gasteiger partial charge in [0.15, 0.2) is 0 Å². The molecule has 1 amide bonds. The molecule has 0 saturated carbocycles. The number of hydrogen-bond acceptors (Lipinski definition) is 7. The van der Waals surface area contributed by atoms with Crippen molar-refractivity contribution in [3.63, 3.8) is 0 Å². The van der Waals surface area contributed by atoms with Crippen molar-refractivity contribution in [2.45, 2.75) is 22.1 Å². The Morgan fingerprint density at radius 1 is 1.22 bits per heavy atom. The molecule has 0 aliphatic carbocycles. The molecule has 11 heteroatoms. The second-order valence-corrected chi connectivity index (χ2v) is 9.02. The van der Waals surface area contributed by atoms with E-state index in [4.69, 9.17) is 11.6 Å². The summed E-state index contributed by atoms with van der Waals surface area (Å²) in [6, 6.07) is 7.62. The fourth-order valence-electron chi connectivity index (χ4n) is 3.36. The smallest absolute Gasteiger partial charge is 0.375 e. The number of β-amino-alcohol motifs (C(OH)–C–C–N with tert-alkyl or cyclic N) is 1. The molecule has 7 nitrogen and oxygen atoms in total. The van der Waals surface area contributed by atoms with E-state index in [9.17, 15) is 18.7 Å². The number of benzene rings is 1. The number of nitrogens with one attached hydrogen (secondary N) is 1. The maximum atomic E-state index is 12.9. The van der Waals surface area contributed by atoms with Gasteiger partial charge in [-0.3, -0.25) is 4.79 Å². The van der Waals surface area contributed by atoms with Gasteiger partial charge in [0.05, 0.1) is 11.7 Å². The molecule has 2 aromatic heterocycles. The minimum absolute atomic E-state index is 0.213. The molecule has 1 aliphatic heterocycles. The number of thioether (sulfide) groups is 1. The van der Waals surface area contributed by atoms with Crippen LogP contribution in [-0.4, -0.2) is 49.9 Å². The van der Waals surface area contributed by atoms with E-state index < -0.39 is 16.7 Å². The van der Waals surface area contributed by atoms with Crippen LogP contribution >= 0.6 is 23.4 Å². The van der Waals surface area contributed by atoms with Gasteiger partial charge in [-0.2, -0.15) is 8.78 Å². The predicted octanol–water partition coefficient (Wildman–Crippen LogP) is 4.24. The summed E-state index contributed by atoms with van der Waals surface area (Å²) < 4.78 is 22.4. The highest BCUT2D eigenvalue weighted by Gasteiger charge is 2.27. The lowest BCUT2D eigenvalue weighted by atomic mass is 10.1.